The van der Waals surface area contributed by atoms with Crippen LogP contribution in [0.2, 0.25) is 0 Å². The van der Waals surface area contributed by atoms with Crippen molar-refractivity contribution in [3.8, 4) is 6.07 Å². The Bertz CT molecular complexity index is 534. The number of nitriles is 1. The highest BCUT2D eigenvalue weighted by Gasteiger charge is 2.36. The number of anilines is 2. The van der Waals surface area contributed by atoms with Gasteiger partial charge in [-0.2, -0.15) is 5.26 Å². The van der Waals surface area contributed by atoms with E-state index in [-0.39, 0.29) is 5.92 Å². The monoisotopic (exact) mass is 283 g/mol. The first-order chi connectivity index (χ1) is 10.2. The molecular weight excluding hydrogens is 258 g/mol. The number of rotatable bonds is 2. The summed E-state index contributed by atoms with van der Waals surface area (Å²) in [7, 11) is 2.16. The van der Waals surface area contributed by atoms with E-state index in [4.69, 9.17) is 0 Å². The van der Waals surface area contributed by atoms with E-state index in [1.54, 1.807) is 0 Å². The van der Waals surface area contributed by atoms with Gasteiger partial charge in [0.25, 0.3) is 0 Å². The van der Waals surface area contributed by atoms with Gasteiger partial charge in [0.15, 0.2) is 0 Å². The smallest absolute Gasteiger partial charge is 0.0677 e. The molecule has 112 valence electrons. The van der Waals surface area contributed by atoms with E-state index in [0.717, 1.165) is 25.4 Å². The molecule has 0 amide bonds. The predicted molar refractivity (Wildman–Crippen MR) is 87.6 cm³/mol. The minimum atomic E-state index is 0.185. The summed E-state index contributed by atoms with van der Waals surface area (Å²) in [5.41, 5.74) is 2.62. The van der Waals surface area contributed by atoms with Crippen LogP contribution in [0.3, 0.4) is 0 Å². The summed E-state index contributed by atoms with van der Waals surface area (Å²) in [6.07, 6.45) is 4.70. The van der Waals surface area contributed by atoms with Crippen LogP contribution in [0.4, 0.5) is 11.4 Å². The largest absolute Gasteiger partial charge is 0.371 e. The molecule has 1 fully saturated rings. The molecule has 21 heavy (non-hydrogen) atoms. The second-order valence-corrected chi connectivity index (χ2v) is 6.49. The van der Waals surface area contributed by atoms with Gasteiger partial charge >= 0.3 is 0 Å². The number of benzene rings is 1. The van der Waals surface area contributed by atoms with Crippen molar-refractivity contribution in [1.29, 1.82) is 5.26 Å². The summed E-state index contributed by atoms with van der Waals surface area (Å²) in [6, 6.07) is 11.6. The molecule has 0 saturated heterocycles. The third kappa shape index (κ3) is 2.60. The Morgan fingerprint density at radius 1 is 1.19 bits per heavy atom. The van der Waals surface area contributed by atoms with Crippen LogP contribution in [0.25, 0.3) is 0 Å². The summed E-state index contributed by atoms with van der Waals surface area (Å²) in [5.74, 6) is 0.968. The van der Waals surface area contributed by atoms with Crippen molar-refractivity contribution in [1.82, 2.24) is 0 Å². The average Bonchev–Trinajstić information content (AvgIpc) is 2.55. The SMILES string of the molecule is CCC1CCC(C#N)C(N2CCN(C)c3ccccc32)C1. The van der Waals surface area contributed by atoms with Crippen LogP contribution < -0.4 is 9.80 Å². The number of likely N-dealkylation sites (N-methyl/N-ethyl adjacent to an activating group) is 1. The van der Waals surface area contributed by atoms with Gasteiger partial charge in [-0.25, -0.2) is 0 Å². The summed E-state index contributed by atoms with van der Waals surface area (Å²) < 4.78 is 0. The lowest BCUT2D eigenvalue weighted by molar-refractivity contribution is 0.259. The van der Waals surface area contributed by atoms with E-state index in [0.29, 0.717) is 6.04 Å². The molecule has 3 rings (SSSR count). The lowest BCUT2D eigenvalue weighted by Crippen LogP contribution is -2.50. The van der Waals surface area contributed by atoms with E-state index in [9.17, 15) is 5.26 Å². The summed E-state index contributed by atoms with van der Waals surface area (Å²) in [4.78, 5) is 4.85. The third-order valence-electron chi connectivity index (χ3n) is 5.35. The van der Waals surface area contributed by atoms with Crippen LogP contribution in [0.15, 0.2) is 24.3 Å². The molecule has 0 spiro atoms. The zero-order chi connectivity index (χ0) is 14.8. The van der Waals surface area contributed by atoms with Gasteiger partial charge < -0.3 is 9.80 Å². The molecule has 0 bridgehead atoms. The Morgan fingerprint density at radius 2 is 1.95 bits per heavy atom. The minimum absolute atomic E-state index is 0.185. The Hall–Kier alpha value is -1.69. The molecule has 3 unspecified atom stereocenters. The minimum Gasteiger partial charge on any atom is -0.371 e. The second kappa shape index (κ2) is 5.97. The lowest BCUT2D eigenvalue weighted by atomic mass is 9.77. The van der Waals surface area contributed by atoms with Crippen molar-refractivity contribution in [2.24, 2.45) is 11.8 Å². The maximum absolute atomic E-state index is 9.56. The number of fused-ring (bicyclic) bond motifs is 1. The van der Waals surface area contributed by atoms with E-state index in [1.807, 2.05) is 0 Å². The van der Waals surface area contributed by atoms with Gasteiger partial charge in [0.1, 0.15) is 0 Å². The quantitative estimate of drug-likeness (QED) is 0.829. The summed E-state index contributed by atoms with van der Waals surface area (Å²) in [6.45, 7) is 4.36. The average molecular weight is 283 g/mol. The van der Waals surface area contributed by atoms with E-state index < -0.39 is 0 Å². The summed E-state index contributed by atoms with van der Waals surface area (Å²) in [5, 5.41) is 9.56. The standard InChI is InChI=1S/C18H25N3/c1-3-14-8-9-15(13-19)18(12-14)21-11-10-20(2)16-6-4-5-7-17(16)21/h4-7,14-15,18H,3,8-12H2,1-2H3. The first-order valence-corrected chi connectivity index (χ1v) is 8.21. The highest BCUT2D eigenvalue weighted by Crippen LogP contribution is 2.40. The van der Waals surface area contributed by atoms with Crippen LogP contribution in [-0.2, 0) is 0 Å². The zero-order valence-corrected chi connectivity index (χ0v) is 13.1. The zero-order valence-electron chi connectivity index (χ0n) is 13.1. The van der Waals surface area contributed by atoms with Crippen molar-refractivity contribution in [2.75, 3.05) is 29.9 Å². The Kier molecular flexibility index (Phi) is 4.05. The molecule has 1 aliphatic carbocycles. The number of hydrogen-bond donors (Lipinski definition) is 0. The van der Waals surface area contributed by atoms with Gasteiger partial charge in [0.05, 0.1) is 23.4 Å². The maximum atomic E-state index is 9.56. The van der Waals surface area contributed by atoms with Crippen LogP contribution in [0, 0.1) is 23.2 Å². The molecule has 0 radical (unpaired) electrons. The molecule has 1 heterocycles. The normalized spacial score (nSPS) is 28.9. The first kappa shape index (κ1) is 14.3. The highest BCUT2D eigenvalue weighted by molar-refractivity contribution is 5.73. The number of para-hydroxylation sites is 2. The van der Waals surface area contributed by atoms with Crippen LogP contribution in [0.1, 0.15) is 32.6 Å². The van der Waals surface area contributed by atoms with Crippen molar-refractivity contribution in [3.63, 3.8) is 0 Å². The fourth-order valence-corrected chi connectivity index (χ4v) is 3.97. The fraction of sp³-hybridized carbons (Fsp3) is 0.611. The number of nitrogens with zero attached hydrogens (tertiary/aromatic N) is 3. The molecule has 1 aliphatic heterocycles. The Balaban J connectivity index is 1.92. The van der Waals surface area contributed by atoms with Gasteiger partial charge in [-0.3, -0.25) is 0 Å². The first-order valence-electron chi connectivity index (χ1n) is 8.21. The molecule has 1 aromatic carbocycles. The molecule has 2 aliphatic rings. The van der Waals surface area contributed by atoms with E-state index in [1.165, 1.54) is 30.6 Å². The lowest BCUT2D eigenvalue weighted by Gasteiger charge is -2.46. The highest BCUT2D eigenvalue weighted by atomic mass is 15.3. The fourth-order valence-electron chi connectivity index (χ4n) is 3.97. The summed E-state index contributed by atoms with van der Waals surface area (Å²) >= 11 is 0. The Labute approximate surface area is 128 Å². The van der Waals surface area contributed by atoms with Crippen LogP contribution in [0.5, 0.6) is 0 Å². The van der Waals surface area contributed by atoms with Gasteiger partial charge in [-0.1, -0.05) is 25.5 Å². The van der Waals surface area contributed by atoms with Crippen molar-refractivity contribution in [2.45, 2.75) is 38.6 Å². The van der Waals surface area contributed by atoms with Crippen LogP contribution in [-0.4, -0.2) is 26.2 Å². The Morgan fingerprint density at radius 3 is 2.67 bits per heavy atom. The molecule has 3 atom stereocenters. The van der Waals surface area contributed by atoms with Gasteiger partial charge in [-0.05, 0) is 37.3 Å². The second-order valence-electron chi connectivity index (χ2n) is 6.49. The topological polar surface area (TPSA) is 30.3 Å². The number of hydrogen-bond acceptors (Lipinski definition) is 3. The van der Waals surface area contributed by atoms with Gasteiger partial charge in [-0.15, -0.1) is 0 Å². The third-order valence-corrected chi connectivity index (χ3v) is 5.35. The van der Waals surface area contributed by atoms with Crippen molar-refractivity contribution >= 4 is 11.4 Å². The molecule has 0 N–H and O–H groups in total. The molecule has 3 nitrogen and oxygen atoms in total. The van der Waals surface area contributed by atoms with Gasteiger partial charge in [0.2, 0.25) is 0 Å². The predicted octanol–water partition coefficient (Wildman–Crippen LogP) is 3.66. The van der Waals surface area contributed by atoms with Gasteiger partial charge in [0, 0.05) is 26.2 Å². The molecule has 3 heteroatoms. The van der Waals surface area contributed by atoms with Crippen molar-refractivity contribution < 1.29 is 0 Å². The van der Waals surface area contributed by atoms with Crippen LogP contribution >= 0.6 is 0 Å². The van der Waals surface area contributed by atoms with E-state index in [2.05, 4.69) is 54.1 Å². The maximum Gasteiger partial charge on any atom is 0.0677 e. The van der Waals surface area contributed by atoms with E-state index >= 15 is 0 Å². The molecule has 1 saturated carbocycles. The molecule has 0 aromatic heterocycles. The molecule has 1 aromatic rings. The van der Waals surface area contributed by atoms with Crippen molar-refractivity contribution in [3.05, 3.63) is 24.3 Å². The molecular formula is C18H25N3.